The second-order valence-electron chi connectivity index (χ2n) is 9.50. The maximum atomic E-state index is 11.5. The summed E-state index contributed by atoms with van der Waals surface area (Å²) in [5, 5.41) is 15.7. The fourth-order valence-corrected chi connectivity index (χ4v) is 5.65. The molecule has 3 saturated heterocycles. The molecule has 6 nitrogen and oxygen atoms in total. The predicted octanol–water partition coefficient (Wildman–Crippen LogP) is 2.58. The van der Waals surface area contributed by atoms with Gasteiger partial charge in [0.2, 0.25) is 5.89 Å². The van der Waals surface area contributed by atoms with E-state index in [1.165, 1.54) is 58.0 Å². The molecule has 1 aromatic heterocycles. The Balaban J connectivity index is 1.13. The van der Waals surface area contributed by atoms with E-state index in [1.807, 2.05) is 0 Å². The smallest absolute Gasteiger partial charge is 0.229 e. The van der Waals surface area contributed by atoms with Gasteiger partial charge in [0, 0.05) is 24.9 Å². The summed E-state index contributed by atoms with van der Waals surface area (Å²) >= 11 is 0. The van der Waals surface area contributed by atoms with Crippen molar-refractivity contribution in [1.82, 2.24) is 19.9 Å². The summed E-state index contributed by atoms with van der Waals surface area (Å²) in [6.07, 6.45) is 11.6. The van der Waals surface area contributed by atoms with Crippen molar-refractivity contribution in [3.8, 4) is 0 Å². The lowest BCUT2D eigenvalue weighted by atomic mass is 9.78. The van der Waals surface area contributed by atoms with Gasteiger partial charge in [0.05, 0.1) is 5.60 Å². The first-order valence-corrected chi connectivity index (χ1v) is 11.2. The minimum Gasteiger partial charge on any atom is -0.387 e. The highest BCUT2D eigenvalue weighted by Gasteiger charge is 2.45. The Morgan fingerprint density at radius 3 is 2.63 bits per heavy atom. The van der Waals surface area contributed by atoms with E-state index in [-0.39, 0.29) is 0 Å². The van der Waals surface area contributed by atoms with Gasteiger partial charge in [-0.2, -0.15) is 4.98 Å². The molecular formula is C21H34N4O2. The number of piperidine rings is 3. The van der Waals surface area contributed by atoms with E-state index >= 15 is 0 Å². The Bertz CT molecular complexity index is 636. The molecule has 0 radical (unpaired) electrons. The molecule has 150 valence electrons. The minimum atomic E-state index is -0.502. The van der Waals surface area contributed by atoms with E-state index < -0.39 is 5.60 Å². The molecule has 0 spiro atoms. The lowest BCUT2D eigenvalue weighted by Crippen LogP contribution is -2.63. The Hall–Kier alpha value is -0.980. The predicted molar refractivity (Wildman–Crippen MR) is 103 cm³/mol. The van der Waals surface area contributed by atoms with Crippen LogP contribution in [0, 0.1) is 5.92 Å². The molecule has 4 fully saturated rings. The summed E-state index contributed by atoms with van der Waals surface area (Å²) in [4.78, 5) is 9.68. The molecule has 0 aromatic carbocycles. The van der Waals surface area contributed by atoms with Crippen LogP contribution in [0.5, 0.6) is 0 Å². The van der Waals surface area contributed by atoms with Crippen LogP contribution in [0.4, 0.5) is 0 Å². The topological polar surface area (TPSA) is 65.6 Å². The third-order valence-corrected chi connectivity index (χ3v) is 7.38. The largest absolute Gasteiger partial charge is 0.387 e. The molecule has 4 aliphatic rings. The van der Waals surface area contributed by atoms with Crippen molar-refractivity contribution in [2.24, 2.45) is 5.92 Å². The highest BCUT2D eigenvalue weighted by Crippen LogP contribution is 2.39. The zero-order valence-corrected chi connectivity index (χ0v) is 16.5. The van der Waals surface area contributed by atoms with Crippen molar-refractivity contribution >= 4 is 0 Å². The quantitative estimate of drug-likeness (QED) is 0.855. The lowest BCUT2D eigenvalue weighted by molar-refractivity contribution is -0.111. The number of nitrogens with zero attached hydrogens (tertiary/aromatic N) is 4. The van der Waals surface area contributed by atoms with Gasteiger partial charge in [-0.3, -0.25) is 4.90 Å². The van der Waals surface area contributed by atoms with Crippen LogP contribution >= 0.6 is 0 Å². The zero-order chi connectivity index (χ0) is 18.3. The van der Waals surface area contributed by atoms with Crippen LogP contribution in [0.15, 0.2) is 4.52 Å². The standard InChI is InChI=1S/C21H34N4O2/c26-21(9-3-11-25-10-2-1-4-18(21)25)15-24-12-7-16(8-13-24)14-19-22-20(27-23-19)17-5-6-17/h16-18,26H,1-15H2/t18-,21-/m1/s1. The van der Waals surface area contributed by atoms with Crippen LogP contribution in [0.25, 0.3) is 0 Å². The number of aromatic nitrogens is 2. The van der Waals surface area contributed by atoms with Gasteiger partial charge in [0.15, 0.2) is 5.82 Å². The van der Waals surface area contributed by atoms with Crippen LogP contribution in [0.3, 0.4) is 0 Å². The number of fused-ring (bicyclic) bond motifs is 1. The van der Waals surface area contributed by atoms with E-state index in [9.17, 15) is 5.11 Å². The molecule has 1 saturated carbocycles. The summed E-state index contributed by atoms with van der Waals surface area (Å²) in [5.74, 6) is 2.96. The third kappa shape index (κ3) is 3.94. The summed E-state index contributed by atoms with van der Waals surface area (Å²) in [6.45, 7) is 5.40. The molecular weight excluding hydrogens is 340 g/mol. The average Bonchev–Trinajstić information content (AvgIpc) is 3.43. The van der Waals surface area contributed by atoms with Crippen molar-refractivity contribution in [1.29, 1.82) is 0 Å². The molecule has 0 unspecified atom stereocenters. The van der Waals surface area contributed by atoms with E-state index in [0.29, 0.717) is 17.9 Å². The lowest BCUT2D eigenvalue weighted by Gasteiger charge is -2.51. The summed E-state index contributed by atoms with van der Waals surface area (Å²) in [6, 6.07) is 0.387. The van der Waals surface area contributed by atoms with Crippen LogP contribution in [0.2, 0.25) is 0 Å². The van der Waals surface area contributed by atoms with Crippen LogP contribution in [-0.4, -0.2) is 69.4 Å². The number of hydrogen-bond acceptors (Lipinski definition) is 6. The first-order valence-electron chi connectivity index (χ1n) is 11.2. The highest BCUT2D eigenvalue weighted by atomic mass is 16.5. The third-order valence-electron chi connectivity index (χ3n) is 7.38. The van der Waals surface area contributed by atoms with Gasteiger partial charge < -0.3 is 14.5 Å². The molecule has 27 heavy (non-hydrogen) atoms. The van der Waals surface area contributed by atoms with E-state index in [4.69, 9.17) is 4.52 Å². The van der Waals surface area contributed by atoms with Gasteiger partial charge >= 0.3 is 0 Å². The minimum absolute atomic E-state index is 0.387. The van der Waals surface area contributed by atoms with Crippen LogP contribution in [0.1, 0.15) is 75.4 Å². The SMILES string of the molecule is O[C@@]1(CN2CCC(Cc3noc(C4CC4)n3)CC2)CCCN2CCCC[C@@H]21. The van der Waals surface area contributed by atoms with Gasteiger partial charge in [-0.05, 0) is 83.5 Å². The van der Waals surface area contributed by atoms with Gasteiger partial charge in [-0.15, -0.1) is 0 Å². The summed E-state index contributed by atoms with van der Waals surface area (Å²) < 4.78 is 5.41. The Morgan fingerprint density at radius 2 is 1.81 bits per heavy atom. The molecule has 3 aliphatic heterocycles. The summed E-state index contributed by atoms with van der Waals surface area (Å²) in [5.41, 5.74) is -0.502. The Labute approximate surface area is 162 Å². The highest BCUT2D eigenvalue weighted by molar-refractivity contribution is 5.03. The number of likely N-dealkylation sites (tertiary alicyclic amines) is 1. The number of aliphatic hydroxyl groups is 1. The first kappa shape index (κ1) is 18.1. The molecule has 4 heterocycles. The van der Waals surface area contributed by atoms with Gasteiger partial charge in [-0.1, -0.05) is 11.6 Å². The molecule has 6 heteroatoms. The fourth-order valence-electron chi connectivity index (χ4n) is 5.65. The monoisotopic (exact) mass is 374 g/mol. The Kier molecular flexibility index (Phi) is 4.99. The Morgan fingerprint density at radius 1 is 1.00 bits per heavy atom. The van der Waals surface area contributed by atoms with E-state index in [2.05, 4.69) is 19.9 Å². The summed E-state index contributed by atoms with van der Waals surface area (Å²) in [7, 11) is 0. The maximum Gasteiger partial charge on any atom is 0.229 e. The second kappa shape index (κ2) is 7.45. The molecule has 0 amide bonds. The molecule has 1 aromatic rings. The number of rotatable bonds is 5. The average molecular weight is 375 g/mol. The second-order valence-corrected chi connectivity index (χ2v) is 9.50. The van der Waals surface area contributed by atoms with Crippen LogP contribution in [-0.2, 0) is 6.42 Å². The van der Waals surface area contributed by atoms with Crippen molar-refractivity contribution in [2.75, 3.05) is 32.7 Å². The molecule has 5 rings (SSSR count). The van der Waals surface area contributed by atoms with E-state index in [1.54, 1.807) is 0 Å². The van der Waals surface area contributed by atoms with Crippen molar-refractivity contribution in [2.45, 2.75) is 81.8 Å². The first-order chi connectivity index (χ1) is 13.2. The van der Waals surface area contributed by atoms with Gasteiger partial charge in [0.25, 0.3) is 0 Å². The van der Waals surface area contributed by atoms with Crippen LogP contribution < -0.4 is 0 Å². The molecule has 2 atom stereocenters. The van der Waals surface area contributed by atoms with Crippen molar-refractivity contribution < 1.29 is 9.63 Å². The number of hydrogen-bond donors (Lipinski definition) is 1. The number of β-amino-alcohol motifs (C(OH)–C–C–N with tert-alkyl or cyclic N) is 1. The zero-order valence-electron chi connectivity index (χ0n) is 16.5. The van der Waals surface area contributed by atoms with E-state index in [0.717, 1.165) is 50.6 Å². The van der Waals surface area contributed by atoms with Crippen molar-refractivity contribution in [3.05, 3.63) is 11.7 Å². The molecule has 0 bridgehead atoms. The normalized spacial score (nSPS) is 33.9. The van der Waals surface area contributed by atoms with Gasteiger partial charge in [-0.25, -0.2) is 0 Å². The van der Waals surface area contributed by atoms with Gasteiger partial charge in [0.1, 0.15) is 0 Å². The maximum absolute atomic E-state index is 11.5. The molecule has 1 aliphatic carbocycles. The fraction of sp³-hybridized carbons (Fsp3) is 0.905. The van der Waals surface area contributed by atoms with Crippen molar-refractivity contribution in [3.63, 3.8) is 0 Å². The molecule has 1 N–H and O–H groups in total.